The number of carboxylic acid groups (broad SMARTS) is 1. The van der Waals surface area contributed by atoms with Gasteiger partial charge in [-0.2, -0.15) is 0 Å². The molecule has 0 aliphatic carbocycles. The predicted molar refractivity (Wildman–Crippen MR) is 68.7 cm³/mol. The molecule has 4 heteroatoms. The minimum atomic E-state index is -0.915. The second-order valence-electron chi connectivity index (χ2n) is 4.11. The quantitative estimate of drug-likeness (QED) is 0.884. The standard InChI is InChI=1S/C13H13NO2S/c1-7-4-8(2)10(9(3)5-7)11-12(13(15)16)17-6-14-11/h4-6H,1-3H3,(H,15,16). The number of nitrogens with zero attached hydrogens (tertiary/aromatic N) is 1. The van der Waals surface area contributed by atoms with E-state index in [0.717, 1.165) is 28.0 Å². The molecule has 0 unspecified atom stereocenters. The van der Waals surface area contributed by atoms with Crippen molar-refractivity contribution in [1.29, 1.82) is 0 Å². The fourth-order valence-corrected chi connectivity index (χ4v) is 2.76. The third kappa shape index (κ3) is 2.08. The van der Waals surface area contributed by atoms with Crippen LogP contribution in [0.4, 0.5) is 0 Å². The summed E-state index contributed by atoms with van der Waals surface area (Å²) < 4.78 is 0. The Bertz CT molecular complexity index is 564. The van der Waals surface area contributed by atoms with E-state index in [2.05, 4.69) is 4.98 Å². The Balaban J connectivity index is 2.69. The van der Waals surface area contributed by atoms with Gasteiger partial charge in [-0.05, 0) is 31.9 Å². The number of carboxylic acids is 1. The summed E-state index contributed by atoms with van der Waals surface area (Å²) in [5.74, 6) is -0.915. The molecular weight excluding hydrogens is 234 g/mol. The summed E-state index contributed by atoms with van der Waals surface area (Å²) in [6, 6.07) is 4.10. The van der Waals surface area contributed by atoms with Crippen molar-refractivity contribution in [3.8, 4) is 11.3 Å². The van der Waals surface area contributed by atoms with E-state index in [0.29, 0.717) is 10.6 Å². The maximum atomic E-state index is 11.1. The molecule has 0 saturated heterocycles. The molecule has 1 heterocycles. The Labute approximate surface area is 104 Å². The van der Waals surface area contributed by atoms with E-state index in [9.17, 15) is 4.79 Å². The van der Waals surface area contributed by atoms with E-state index in [1.165, 1.54) is 5.56 Å². The first-order valence-electron chi connectivity index (χ1n) is 5.25. The predicted octanol–water partition coefficient (Wildman–Crippen LogP) is 3.43. The van der Waals surface area contributed by atoms with Gasteiger partial charge >= 0.3 is 5.97 Å². The normalized spacial score (nSPS) is 10.5. The summed E-state index contributed by atoms with van der Waals surface area (Å²) in [5, 5.41) is 9.12. The van der Waals surface area contributed by atoms with Crippen LogP contribution in [0.1, 0.15) is 26.4 Å². The van der Waals surface area contributed by atoms with Crippen molar-refractivity contribution in [2.75, 3.05) is 0 Å². The van der Waals surface area contributed by atoms with E-state index in [4.69, 9.17) is 5.11 Å². The van der Waals surface area contributed by atoms with Gasteiger partial charge in [-0.3, -0.25) is 0 Å². The number of benzene rings is 1. The molecule has 0 radical (unpaired) electrons. The number of hydrogen-bond acceptors (Lipinski definition) is 3. The smallest absolute Gasteiger partial charge is 0.348 e. The van der Waals surface area contributed by atoms with Crippen LogP contribution in [0, 0.1) is 20.8 Å². The molecule has 88 valence electrons. The highest BCUT2D eigenvalue weighted by Gasteiger charge is 2.18. The van der Waals surface area contributed by atoms with Crippen LogP contribution < -0.4 is 0 Å². The van der Waals surface area contributed by atoms with Gasteiger partial charge in [-0.25, -0.2) is 9.78 Å². The van der Waals surface area contributed by atoms with Gasteiger partial charge in [0, 0.05) is 5.56 Å². The highest BCUT2D eigenvalue weighted by Crippen LogP contribution is 2.31. The fraction of sp³-hybridized carbons (Fsp3) is 0.231. The Morgan fingerprint density at radius 3 is 2.35 bits per heavy atom. The van der Waals surface area contributed by atoms with Crippen LogP contribution in [0.3, 0.4) is 0 Å². The zero-order chi connectivity index (χ0) is 12.6. The zero-order valence-electron chi connectivity index (χ0n) is 9.94. The van der Waals surface area contributed by atoms with Crippen LogP contribution in [0.15, 0.2) is 17.6 Å². The lowest BCUT2D eigenvalue weighted by Crippen LogP contribution is -1.98. The van der Waals surface area contributed by atoms with Crippen LogP contribution in [0.25, 0.3) is 11.3 Å². The Morgan fingerprint density at radius 2 is 1.82 bits per heavy atom. The highest BCUT2D eigenvalue weighted by molar-refractivity contribution is 7.12. The second kappa shape index (κ2) is 4.30. The number of hydrogen-bond donors (Lipinski definition) is 1. The van der Waals surface area contributed by atoms with Crippen LogP contribution in [0.2, 0.25) is 0 Å². The molecule has 0 saturated carbocycles. The molecule has 0 fully saturated rings. The minimum Gasteiger partial charge on any atom is -0.477 e. The molecule has 0 amide bonds. The molecule has 3 nitrogen and oxygen atoms in total. The number of carbonyl (C=O) groups is 1. The van der Waals surface area contributed by atoms with E-state index in [-0.39, 0.29) is 0 Å². The number of rotatable bonds is 2. The van der Waals surface area contributed by atoms with E-state index < -0.39 is 5.97 Å². The molecule has 1 N–H and O–H groups in total. The van der Waals surface area contributed by atoms with Gasteiger partial charge in [-0.15, -0.1) is 11.3 Å². The van der Waals surface area contributed by atoms with E-state index in [1.54, 1.807) is 5.51 Å². The van der Waals surface area contributed by atoms with Gasteiger partial charge in [0.15, 0.2) is 0 Å². The van der Waals surface area contributed by atoms with Crippen molar-refractivity contribution in [3.05, 3.63) is 39.2 Å². The third-order valence-corrected chi connectivity index (χ3v) is 3.49. The molecule has 0 spiro atoms. The average Bonchev–Trinajstić information content (AvgIpc) is 2.64. The first kappa shape index (κ1) is 11.8. The zero-order valence-corrected chi connectivity index (χ0v) is 10.8. The number of aryl methyl sites for hydroxylation is 3. The molecule has 1 aromatic carbocycles. The fourth-order valence-electron chi connectivity index (χ4n) is 2.13. The lowest BCUT2D eigenvalue weighted by atomic mass is 9.97. The summed E-state index contributed by atoms with van der Waals surface area (Å²) >= 11 is 1.16. The minimum absolute atomic E-state index is 0.306. The largest absolute Gasteiger partial charge is 0.477 e. The van der Waals surface area contributed by atoms with Crippen molar-refractivity contribution in [2.24, 2.45) is 0 Å². The van der Waals surface area contributed by atoms with Crippen LogP contribution in [-0.4, -0.2) is 16.1 Å². The maximum Gasteiger partial charge on any atom is 0.348 e. The summed E-state index contributed by atoms with van der Waals surface area (Å²) in [4.78, 5) is 15.6. The summed E-state index contributed by atoms with van der Waals surface area (Å²) in [5.41, 5.74) is 6.41. The second-order valence-corrected chi connectivity index (χ2v) is 4.96. The third-order valence-electron chi connectivity index (χ3n) is 2.68. The van der Waals surface area contributed by atoms with Crippen molar-refractivity contribution in [1.82, 2.24) is 4.98 Å². The maximum absolute atomic E-state index is 11.1. The summed E-state index contributed by atoms with van der Waals surface area (Å²) in [7, 11) is 0. The Hall–Kier alpha value is -1.68. The SMILES string of the molecule is Cc1cc(C)c(-c2ncsc2C(=O)O)c(C)c1. The van der Waals surface area contributed by atoms with Crippen LogP contribution in [-0.2, 0) is 0 Å². The summed E-state index contributed by atoms with van der Waals surface area (Å²) in [6.45, 7) is 6.00. The van der Waals surface area contributed by atoms with Gasteiger partial charge < -0.3 is 5.11 Å². The molecule has 17 heavy (non-hydrogen) atoms. The first-order valence-corrected chi connectivity index (χ1v) is 6.13. The van der Waals surface area contributed by atoms with Crippen LogP contribution in [0.5, 0.6) is 0 Å². The topological polar surface area (TPSA) is 50.2 Å². The van der Waals surface area contributed by atoms with Gasteiger partial charge in [0.2, 0.25) is 0 Å². The number of aromatic carboxylic acids is 1. The van der Waals surface area contributed by atoms with Gasteiger partial charge in [0.05, 0.1) is 11.2 Å². The lowest BCUT2D eigenvalue weighted by molar-refractivity contribution is 0.0702. The van der Waals surface area contributed by atoms with Crippen molar-refractivity contribution >= 4 is 17.3 Å². The number of aromatic nitrogens is 1. The van der Waals surface area contributed by atoms with Gasteiger partial charge in [0.25, 0.3) is 0 Å². The van der Waals surface area contributed by atoms with Gasteiger partial charge in [-0.1, -0.05) is 17.7 Å². The van der Waals surface area contributed by atoms with E-state index in [1.807, 2.05) is 32.9 Å². The van der Waals surface area contributed by atoms with Crippen molar-refractivity contribution in [2.45, 2.75) is 20.8 Å². The molecule has 0 aliphatic heterocycles. The molecule has 0 aliphatic rings. The van der Waals surface area contributed by atoms with Crippen molar-refractivity contribution < 1.29 is 9.90 Å². The monoisotopic (exact) mass is 247 g/mol. The molecular formula is C13H13NO2S. The van der Waals surface area contributed by atoms with Gasteiger partial charge in [0.1, 0.15) is 4.88 Å². The van der Waals surface area contributed by atoms with Crippen LogP contribution >= 0.6 is 11.3 Å². The summed E-state index contributed by atoms with van der Waals surface area (Å²) in [6.07, 6.45) is 0. The average molecular weight is 247 g/mol. The molecule has 1 aromatic heterocycles. The first-order chi connectivity index (χ1) is 8.00. The highest BCUT2D eigenvalue weighted by atomic mass is 32.1. The Kier molecular flexibility index (Phi) is 2.98. The van der Waals surface area contributed by atoms with E-state index >= 15 is 0 Å². The molecule has 0 bridgehead atoms. The molecule has 2 rings (SSSR count). The molecule has 0 atom stereocenters. The lowest BCUT2D eigenvalue weighted by Gasteiger charge is -2.09. The number of thiazole rings is 1. The van der Waals surface area contributed by atoms with Crippen molar-refractivity contribution in [3.63, 3.8) is 0 Å². The molecule has 2 aromatic rings. The Morgan fingerprint density at radius 1 is 1.24 bits per heavy atom.